The normalized spacial score (nSPS) is 23.8. The summed E-state index contributed by atoms with van der Waals surface area (Å²) in [6, 6.07) is 10.7. The van der Waals surface area contributed by atoms with E-state index in [0.717, 1.165) is 44.9 Å². The molecule has 2 aliphatic rings. The van der Waals surface area contributed by atoms with Crippen LogP contribution in [-0.2, 0) is 17.8 Å². The summed E-state index contributed by atoms with van der Waals surface area (Å²) in [5.74, 6) is 0.669. The molecule has 2 saturated heterocycles. The second-order valence-corrected chi connectivity index (χ2v) is 6.42. The zero-order valence-corrected chi connectivity index (χ0v) is 13.7. The summed E-state index contributed by atoms with van der Waals surface area (Å²) < 4.78 is 5.82. The first-order chi connectivity index (χ1) is 11.9. The molecule has 0 amide bonds. The van der Waals surface area contributed by atoms with Crippen molar-refractivity contribution in [2.24, 2.45) is 0 Å². The molecular weight excluding hydrogens is 302 g/mol. The average molecular weight is 325 g/mol. The molecule has 0 spiro atoms. The van der Waals surface area contributed by atoms with Crippen molar-refractivity contribution in [2.45, 2.75) is 25.2 Å². The fourth-order valence-electron chi connectivity index (χ4n) is 3.36. The molecule has 3 heterocycles. The zero-order valence-electron chi connectivity index (χ0n) is 13.7. The number of nitrogens with one attached hydrogen (secondary N) is 2. The standard InChI is InChI=1S/C18H23N5O/c1-2-4-14(5-3-1)8-20-18-21-9-15(10-22-18)11-23-12-16-17(13-23)24-7-6-19-16/h1-5,9-10,16-17,19H,6-8,11-13H2,(H,20,21,22)/t16-,17-/m0/s1. The maximum atomic E-state index is 5.82. The third-order valence-corrected chi connectivity index (χ3v) is 4.59. The maximum Gasteiger partial charge on any atom is 0.222 e. The second kappa shape index (κ2) is 7.25. The molecule has 1 aromatic heterocycles. The summed E-state index contributed by atoms with van der Waals surface area (Å²) in [6.45, 7) is 5.39. The smallest absolute Gasteiger partial charge is 0.222 e. The van der Waals surface area contributed by atoms with E-state index < -0.39 is 0 Å². The van der Waals surface area contributed by atoms with Gasteiger partial charge in [0, 0.05) is 56.7 Å². The average Bonchev–Trinajstić information content (AvgIpc) is 3.04. The first-order valence-electron chi connectivity index (χ1n) is 8.53. The van der Waals surface area contributed by atoms with Crippen LogP contribution in [0.5, 0.6) is 0 Å². The molecule has 0 unspecified atom stereocenters. The van der Waals surface area contributed by atoms with Crippen LogP contribution in [0.3, 0.4) is 0 Å². The van der Waals surface area contributed by atoms with Crippen LogP contribution in [0.25, 0.3) is 0 Å². The monoisotopic (exact) mass is 325 g/mol. The lowest BCUT2D eigenvalue weighted by Crippen LogP contribution is -2.47. The third-order valence-electron chi connectivity index (χ3n) is 4.59. The minimum absolute atomic E-state index is 0.325. The lowest BCUT2D eigenvalue weighted by molar-refractivity contribution is 0.0175. The van der Waals surface area contributed by atoms with Crippen molar-refractivity contribution in [3.05, 3.63) is 53.9 Å². The number of aromatic nitrogens is 2. The molecule has 0 saturated carbocycles. The number of morpholine rings is 1. The fraction of sp³-hybridized carbons (Fsp3) is 0.444. The van der Waals surface area contributed by atoms with Crippen molar-refractivity contribution in [1.82, 2.24) is 20.2 Å². The van der Waals surface area contributed by atoms with Crippen LogP contribution in [0.1, 0.15) is 11.1 Å². The molecule has 0 bridgehead atoms. The fourth-order valence-corrected chi connectivity index (χ4v) is 3.36. The zero-order chi connectivity index (χ0) is 16.2. The van der Waals surface area contributed by atoms with Crippen molar-refractivity contribution in [3.63, 3.8) is 0 Å². The van der Waals surface area contributed by atoms with Crippen LogP contribution in [0.2, 0.25) is 0 Å². The van der Waals surface area contributed by atoms with Gasteiger partial charge in [-0.1, -0.05) is 30.3 Å². The number of benzene rings is 1. The Morgan fingerprint density at radius 2 is 1.96 bits per heavy atom. The maximum absolute atomic E-state index is 5.82. The van der Waals surface area contributed by atoms with Crippen LogP contribution in [-0.4, -0.2) is 53.3 Å². The Balaban J connectivity index is 1.29. The van der Waals surface area contributed by atoms with Crippen molar-refractivity contribution >= 4 is 5.95 Å². The molecule has 0 radical (unpaired) electrons. The van der Waals surface area contributed by atoms with Gasteiger partial charge in [0.25, 0.3) is 0 Å². The van der Waals surface area contributed by atoms with E-state index in [1.807, 2.05) is 30.6 Å². The van der Waals surface area contributed by atoms with Gasteiger partial charge in [0.1, 0.15) is 0 Å². The molecule has 6 nitrogen and oxygen atoms in total. The highest BCUT2D eigenvalue weighted by Gasteiger charge is 2.35. The lowest BCUT2D eigenvalue weighted by Gasteiger charge is -2.25. The van der Waals surface area contributed by atoms with Crippen LogP contribution in [0.15, 0.2) is 42.7 Å². The van der Waals surface area contributed by atoms with Crippen molar-refractivity contribution < 1.29 is 4.74 Å². The topological polar surface area (TPSA) is 62.3 Å². The Morgan fingerprint density at radius 1 is 1.12 bits per heavy atom. The Hall–Kier alpha value is -2.02. The van der Waals surface area contributed by atoms with Crippen LogP contribution >= 0.6 is 0 Å². The van der Waals surface area contributed by atoms with E-state index in [2.05, 4.69) is 37.6 Å². The molecule has 2 N–H and O–H groups in total. The molecule has 6 heteroatoms. The van der Waals surface area contributed by atoms with Gasteiger partial charge < -0.3 is 15.4 Å². The van der Waals surface area contributed by atoms with Gasteiger partial charge in [-0.05, 0) is 5.56 Å². The summed E-state index contributed by atoms with van der Waals surface area (Å²) in [6.07, 6.45) is 4.15. The summed E-state index contributed by atoms with van der Waals surface area (Å²) in [4.78, 5) is 11.3. The van der Waals surface area contributed by atoms with Crippen LogP contribution in [0, 0.1) is 0 Å². The minimum Gasteiger partial charge on any atom is -0.374 e. The number of rotatable bonds is 5. The van der Waals surface area contributed by atoms with Gasteiger partial charge in [-0.25, -0.2) is 9.97 Å². The molecule has 24 heavy (non-hydrogen) atoms. The van der Waals surface area contributed by atoms with Gasteiger partial charge in [-0.2, -0.15) is 0 Å². The molecule has 4 rings (SSSR count). The summed E-state index contributed by atoms with van der Waals surface area (Å²) in [7, 11) is 0. The van der Waals surface area contributed by atoms with E-state index in [1.54, 1.807) is 0 Å². The number of anilines is 1. The summed E-state index contributed by atoms with van der Waals surface area (Å²) >= 11 is 0. The first-order valence-corrected chi connectivity index (χ1v) is 8.53. The Morgan fingerprint density at radius 3 is 2.75 bits per heavy atom. The summed E-state index contributed by atoms with van der Waals surface area (Å²) in [5, 5.41) is 6.79. The highest BCUT2D eigenvalue weighted by atomic mass is 16.5. The number of hydrogen-bond acceptors (Lipinski definition) is 6. The molecule has 2 fully saturated rings. The lowest BCUT2D eigenvalue weighted by atomic mass is 10.2. The van der Waals surface area contributed by atoms with E-state index in [4.69, 9.17) is 4.74 Å². The number of nitrogens with zero attached hydrogens (tertiary/aromatic N) is 3. The predicted molar refractivity (Wildman–Crippen MR) is 92.6 cm³/mol. The molecular formula is C18H23N5O. The van der Waals surface area contributed by atoms with Crippen LogP contribution < -0.4 is 10.6 Å². The van der Waals surface area contributed by atoms with Gasteiger partial charge in [-0.3, -0.25) is 4.90 Å². The van der Waals surface area contributed by atoms with Gasteiger partial charge in [-0.15, -0.1) is 0 Å². The number of hydrogen-bond donors (Lipinski definition) is 2. The molecule has 0 aliphatic carbocycles. The van der Waals surface area contributed by atoms with E-state index >= 15 is 0 Å². The van der Waals surface area contributed by atoms with Crippen molar-refractivity contribution in [2.75, 3.05) is 31.6 Å². The van der Waals surface area contributed by atoms with E-state index in [1.165, 1.54) is 5.56 Å². The minimum atomic E-state index is 0.325. The van der Waals surface area contributed by atoms with E-state index in [9.17, 15) is 0 Å². The van der Waals surface area contributed by atoms with E-state index in [0.29, 0.717) is 18.1 Å². The third kappa shape index (κ3) is 3.72. The second-order valence-electron chi connectivity index (χ2n) is 6.42. The Kier molecular flexibility index (Phi) is 4.69. The van der Waals surface area contributed by atoms with Crippen molar-refractivity contribution in [3.8, 4) is 0 Å². The van der Waals surface area contributed by atoms with E-state index in [-0.39, 0.29) is 0 Å². The quantitative estimate of drug-likeness (QED) is 0.863. The molecule has 2 atom stereocenters. The molecule has 2 aromatic rings. The van der Waals surface area contributed by atoms with Gasteiger partial charge in [0.2, 0.25) is 5.95 Å². The number of ether oxygens (including phenoxy) is 1. The SMILES string of the molecule is c1ccc(CNc2ncc(CN3C[C@@H]4NCCO[C@H]4C3)cn2)cc1. The van der Waals surface area contributed by atoms with Gasteiger partial charge >= 0.3 is 0 Å². The van der Waals surface area contributed by atoms with Gasteiger partial charge in [0.15, 0.2) is 0 Å². The highest BCUT2D eigenvalue weighted by Crippen LogP contribution is 2.18. The number of likely N-dealkylation sites (tertiary alicyclic amines) is 1. The van der Waals surface area contributed by atoms with Crippen LogP contribution in [0.4, 0.5) is 5.95 Å². The summed E-state index contributed by atoms with van der Waals surface area (Å²) in [5.41, 5.74) is 2.36. The predicted octanol–water partition coefficient (Wildman–Crippen LogP) is 1.26. The highest BCUT2D eigenvalue weighted by molar-refractivity contribution is 5.28. The Bertz CT molecular complexity index is 634. The molecule has 2 aliphatic heterocycles. The number of fused-ring (bicyclic) bond motifs is 1. The Labute approximate surface area is 142 Å². The molecule has 1 aromatic carbocycles. The first kappa shape index (κ1) is 15.5. The van der Waals surface area contributed by atoms with Crippen molar-refractivity contribution in [1.29, 1.82) is 0 Å². The van der Waals surface area contributed by atoms with Gasteiger partial charge in [0.05, 0.1) is 12.7 Å². The largest absolute Gasteiger partial charge is 0.374 e. The molecule has 126 valence electrons.